The van der Waals surface area contributed by atoms with Gasteiger partial charge in [-0.2, -0.15) is 0 Å². The molecule has 1 amide bonds. The molecule has 0 bridgehead atoms. The fourth-order valence-electron chi connectivity index (χ4n) is 3.29. The van der Waals surface area contributed by atoms with Crippen molar-refractivity contribution >= 4 is 52.0 Å². The van der Waals surface area contributed by atoms with E-state index in [2.05, 4.69) is 4.99 Å². The number of carbonyl (C=O) groups excluding carboxylic acids is 2. The molecule has 150 valence electrons. The van der Waals surface area contributed by atoms with Gasteiger partial charge in [-0.25, -0.2) is 9.79 Å². The van der Waals surface area contributed by atoms with Crippen molar-refractivity contribution in [3.63, 3.8) is 0 Å². The van der Waals surface area contributed by atoms with Gasteiger partial charge in [-0.1, -0.05) is 35.0 Å². The van der Waals surface area contributed by atoms with Gasteiger partial charge in [-0.05, 0) is 44.2 Å². The van der Waals surface area contributed by atoms with Crippen molar-refractivity contribution in [2.45, 2.75) is 19.9 Å². The summed E-state index contributed by atoms with van der Waals surface area (Å²) in [6.45, 7) is 3.68. The van der Waals surface area contributed by atoms with Gasteiger partial charge in [0.15, 0.2) is 5.17 Å². The Balaban J connectivity index is 1.79. The first kappa shape index (κ1) is 20.1. The Labute approximate surface area is 181 Å². The van der Waals surface area contributed by atoms with E-state index in [0.717, 1.165) is 5.56 Å². The zero-order valence-electron chi connectivity index (χ0n) is 15.6. The average Bonchev–Trinajstić information content (AvgIpc) is 3.30. The molecule has 0 spiro atoms. The highest BCUT2D eigenvalue weighted by Crippen LogP contribution is 2.42. The molecule has 3 heterocycles. The zero-order chi connectivity index (χ0) is 20.7. The summed E-state index contributed by atoms with van der Waals surface area (Å²) < 4.78 is 11.3. The van der Waals surface area contributed by atoms with Gasteiger partial charge in [0.05, 0.1) is 33.7 Å². The summed E-state index contributed by atoms with van der Waals surface area (Å²) in [7, 11) is 0. The van der Waals surface area contributed by atoms with Crippen LogP contribution in [-0.2, 0) is 14.3 Å². The maximum atomic E-state index is 12.7. The van der Waals surface area contributed by atoms with Gasteiger partial charge >= 0.3 is 5.97 Å². The quantitative estimate of drug-likeness (QED) is 0.607. The number of benzene rings is 1. The summed E-state index contributed by atoms with van der Waals surface area (Å²) in [6, 6.07) is 7.95. The molecular formula is C20H16Cl2N2O4S. The summed E-state index contributed by atoms with van der Waals surface area (Å²) in [6.07, 6.45) is 0. The van der Waals surface area contributed by atoms with E-state index in [1.807, 2.05) is 0 Å². The molecule has 2 aliphatic rings. The molecule has 1 atom stereocenters. The van der Waals surface area contributed by atoms with Crippen LogP contribution in [0.15, 0.2) is 51.0 Å². The molecule has 1 fully saturated rings. The molecule has 0 saturated carbocycles. The number of allylic oxidation sites excluding steroid dienone is 1. The Morgan fingerprint density at radius 1 is 1.31 bits per heavy atom. The van der Waals surface area contributed by atoms with Crippen LogP contribution in [0.5, 0.6) is 0 Å². The second-order valence-electron chi connectivity index (χ2n) is 6.40. The van der Waals surface area contributed by atoms with Crippen molar-refractivity contribution in [3.8, 4) is 11.3 Å². The number of hydrogen-bond acceptors (Lipinski definition) is 6. The minimum absolute atomic E-state index is 0.138. The Kier molecular flexibility index (Phi) is 5.46. The van der Waals surface area contributed by atoms with Gasteiger partial charge in [-0.3, -0.25) is 9.69 Å². The van der Waals surface area contributed by atoms with E-state index in [1.54, 1.807) is 44.2 Å². The van der Waals surface area contributed by atoms with Crippen LogP contribution in [0.3, 0.4) is 0 Å². The topological polar surface area (TPSA) is 72.1 Å². The highest BCUT2D eigenvalue weighted by molar-refractivity contribution is 8.15. The lowest BCUT2D eigenvalue weighted by atomic mass is 10.00. The molecule has 0 unspecified atom stereocenters. The highest BCUT2D eigenvalue weighted by Gasteiger charge is 2.44. The molecule has 0 N–H and O–H groups in total. The van der Waals surface area contributed by atoms with E-state index in [9.17, 15) is 9.59 Å². The molecular weight excluding hydrogens is 435 g/mol. The predicted octanol–water partition coefficient (Wildman–Crippen LogP) is 5.08. The second-order valence-corrected chi connectivity index (χ2v) is 8.16. The minimum atomic E-state index is -0.736. The number of rotatable bonds is 4. The van der Waals surface area contributed by atoms with E-state index in [1.165, 1.54) is 16.7 Å². The third kappa shape index (κ3) is 3.58. The predicted molar refractivity (Wildman–Crippen MR) is 113 cm³/mol. The van der Waals surface area contributed by atoms with Crippen LogP contribution in [0.25, 0.3) is 11.3 Å². The number of amides is 1. The maximum Gasteiger partial charge on any atom is 0.338 e. The average molecular weight is 451 g/mol. The Morgan fingerprint density at radius 2 is 2.10 bits per heavy atom. The summed E-state index contributed by atoms with van der Waals surface area (Å²) in [4.78, 5) is 31.2. The fraction of sp³-hybridized carbons (Fsp3) is 0.250. The van der Waals surface area contributed by atoms with E-state index < -0.39 is 12.0 Å². The molecule has 6 nitrogen and oxygen atoms in total. The molecule has 29 heavy (non-hydrogen) atoms. The maximum absolute atomic E-state index is 12.7. The first-order chi connectivity index (χ1) is 13.9. The van der Waals surface area contributed by atoms with Gasteiger partial charge in [0.25, 0.3) is 0 Å². The van der Waals surface area contributed by atoms with Gasteiger partial charge in [0, 0.05) is 5.56 Å². The second kappa shape index (κ2) is 7.89. The molecule has 0 aliphatic carbocycles. The molecule has 2 aromatic rings. The minimum Gasteiger partial charge on any atom is -0.463 e. The smallest absolute Gasteiger partial charge is 0.338 e. The van der Waals surface area contributed by atoms with Crippen molar-refractivity contribution < 1.29 is 18.7 Å². The molecule has 1 saturated heterocycles. The van der Waals surface area contributed by atoms with Gasteiger partial charge in [0.1, 0.15) is 17.6 Å². The molecule has 1 aromatic heterocycles. The first-order valence-electron chi connectivity index (χ1n) is 8.87. The number of halogens is 2. The van der Waals surface area contributed by atoms with Crippen LogP contribution in [0.1, 0.15) is 25.6 Å². The van der Waals surface area contributed by atoms with Crippen LogP contribution in [0.4, 0.5) is 0 Å². The zero-order valence-corrected chi connectivity index (χ0v) is 17.9. The van der Waals surface area contributed by atoms with Crippen molar-refractivity contribution in [1.82, 2.24) is 4.90 Å². The molecule has 2 aliphatic heterocycles. The van der Waals surface area contributed by atoms with Gasteiger partial charge in [0.2, 0.25) is 5.91 Å². The third-order valence-electron chi connectivity index (χ3n) is 4.58. The Morgan fingerprint density at radius 3 is 2.83 bits per heavy atom. The van der Waals surface area contributed by atoms with Crippen molar-refractivity contribution in [1.29, 1.82) is 0 Å². The lowest BCUT2D eigenvalue weighted by Gasteiger charge is -2.31. The summed E-state index contributed by atoms with van der Waals surface area (Å²) in [5.41, 5.74) is 1.53. The standard InChI is InChI=1S/C20H16Cl2N2O4S/c1-3-27-19(26)17-10(2)23-20-24(16(25)9-29-20)18(17)15-7-6-14(28-15)11-4-5-12(21)13(22)8-11/h4-8,18H,3,9H2,1-2H3/t18-/m1/s1. The van der Waals surface area contributed by atoms with Crippen LogP contribution in [0.2, 0.25) is 10.0 Å². The van der Waals surface area contributed by atoms with E-state index in [-0.39, 0.29) is 18.3 Å². The number of fused-ring (bicyclic) bond motifs is 1. The van der Waals surface area contributed by atoms with Crippen LogP contribution in [-0.4, -0.2) is 34.3 Å². The number of carbonyl (C=O) groups is 2. The fourth-order valence-corrected chi connectivity index (χ4v) is 4.52. The number of hydrogen-bond donors (Lipinski definition) is 0. The number of nitrogens with zero attached hydrogens (tertiary/aromatic N) is 2. The number of furan rings is 1. The molecule has 0 radical (unpaired) electrons. The monoisotopic (exact) mass is 450 g/mol. The summed E-state index contributed by atoms with van der Waals surface area (Å²) in [5.74, 6) is 0.592. The normalized spacial score (nSPS) is 18.8. The van der Waals surface area contributed by atoms with Crippen molar-refractivity contribution in [2.75, 3.05) is 12.4 Å². The van der Waals surface area contributed by atoms with Crippen LogP contribution >= 0.6 is 35.0 Å². The van der Waals surface area contributed by atoms with Crippen molar-refractivity contribution in [2.24, 2.45) is 4.99 Å². The number of thioether (sulfide) groups is 1. The molecule has 4 rings (SSSR count). The molecule has 9 heteroatoms. The highest BCUT2D eigenvalue weighted by atomic mass is 35.5. The largest absolute Gasteiger partial charge is 0.463 e. The number of esters is 1. The SMILES string of the molecule is CCOC(=O)C1=C(C)N=C2SCC(=O)N2[C@@H]1c1ccc(-c2ccc(Cl)c(Cl)c2)o1. The summed E-state index contributed by atoms with van der Waals surface area (Å²) >= 11 is 13.4. The number of ether oxygens (including phenoxy) is 1. The number of aliphatic imine (C=N–C) groups is 1. The third-order valence-corrected chi connectivity index (χ3v) is 6.26. The summed E-state index contributed by atoms with van der Waals surface area (Å²) in [5, 5.41) is 1.40. The Bertz CT molecular complexity index is 1080. The lowest BCUT2D eigenvalue weighted by Crippen LogP contribution is -2.39. The van der Waals surface area contributed by atoms with Crippen LogP contribution in [0, 0.1) is 0 Å². The van der Waals surface area contributed by atoms with Crippen molar-refractivity contribution in [3.05, 3.63) is 57.4 Å². The van der Waals surface area contributed by atoms with Gasteiger partial charge in [-0.15, -0.1) is 0 Å². The molecule has 1 aromatic carbocycles. The Hall–Kier alpha value is -2.22. The van der Waals surface area contributed by atoms with Crippen LogP contribution < -0.4 is 0 Å². The van der Waals surface area contributed by atoms with E-state index >= 15 is 0 Å². The van der Waals surface area contributed by atoms with E-state index in [0.29, 0.717) is 38.0 Å². The van der Waals surface area contributed by atoms with Gasteiger partial charge < -0.3 is 9.15 Å². The lowest BCUT2D eigenvalue weighted by molar-refractivity contribution is -0.139. The first-order valence-corrected chi connectivity index (χ1v) is 10.6. The van der Waals surface area contributed by atoms with E-state index in [4.69, 9.17) is 32.4 Å². The number of amidine groups is 1.